The van der Waals surface area contributed by atoms with E-state index in [2.05, 4.69) is 44.9 Å². The number of likely N-dealkylation sites (tertiary alicyclic amines) is 1. The molecule has 2 saturated heterocycles. The zero-order valence-electron chi connectivity index (χ0n) is 23.9. The van der Waals surface area contributed by atoms with Crippen LogP contribution in [0.4, 0.5) is 15.4 Å². The Balaban J connectivity index is 1.09. The highest BCUT2D eigenvalue weighted by molar-refractivity contribution is 5.88. The van der Waals surface area contributed by atoms with Crippen LogP contribution in [-0.2, 0) is 11.2 Å². The number of aromatic nitrogens is 2. The van der Waals surface area contributed by atoms with Crippen LogP contribution in [0.25, 0.3) is 5.69 Å². The number of hydrogen-bond acceptors (Lipinski definition) is 7. The highest BCUT2D eigenvalue weighted by Gasteiger charge is 2.55. The average Bonchev–Trinajstić information content (AvgIpc) is 3.35. The molecule has 40 heavy (non-hydrogen) atoms. The molecule has 3 amide bonds. The molecule has 2 aromatic rings. The van der Waals surface area contributed by atoms with E-state index in [1.807, 2.05) is 32.9 Å². The number of amides is 3. The molecule has 1 aromatic carbocycles. The molecule has 0 radical (unpaired) electrons. The minimum absolute atomic E-state index is 0.243. The lowest BCUT2D eigenvalue weighted by Crippen LogP contribution is -2.48. The first-order valence-electron chi connectivity index (χ1n) is 14.2. The topological polar surface area (TPSA) is 121 Å². The standard InChI is InChI=1S/C29H41N7O4/c1-19(35-17-23-22(24(23)18-35)16-31-28(39)40-29(2,3)4)15-20-5-7-21(8-6-20)36-12-9-25(33-27(36)38)32-26(37)34-13-10-30-11-14-34/h5-9,12,19,22-24,30H,10-11,13-18H2,1-4H3,(H,31,39)(H,32,33,37,38). The van der Waals surface area contributed by atoms with Crippen LogP contribution in [0.5, 0.6) is 0 Å². The molecule has 1 aliphatic carbocycles. The predicted octanol–water partition coefficient (Wildman–Crippen LogP) is 2.30. The normalized spacial score (nSPS) is 23.3. The molecule has 3 atom stereocenters. The van der Waals surface area contributed by atoms with Gasteiger partial charge in [0.25, 0.3) is 0 Å². The van der Waals surface area contributed by atoms with Gasteiger partial charge in [-0.3, -0.25) is 14.8 Å². The number of benzene rings is 1. The van der Waals surface area contributed by atoms with E-state index in [4.69, 9.17) is 4.74 Å². The lowest BCUT2D eigenvalue weighted by Gasteiger charge is -2.27. The van der Waals surface area contributed by atoms with Crippen molar-refractivity contribution in [2.45, 2.75) is 45.8 Å². The summed E-state index contributed by atoms with van der Waals surface area (Å²) in [7, 11) is 0. The Morgan fingerprint density at radius 3 is 2.40 bits per heavy atom. The number of piperazine rings is 1. The number of rotatable bonds is 7. The van der Waals surface area contributed by atoms with Gasteiger partial charge in [0.05, 0.1) is 5.69 Å². The summed E-state index contributed by atoms with van der Waals surface area (Å²) in [5, 5.41) is 8.86. The Morgan fingerprint density at radius 2 is 1.77 bits per heavy atom. The number of urea groups is 1. The van der Waals surface area contributed by atoms with Crippen molar-refractivity contribution in [3.63, 3.8) is 0 Å². The third-order valence-corrected chi connectivity index (χ3v) is 8.09. The number of alkyl carbamates (subject to hydrolysis) is 1. The van der Waals surface area contributed by atoms with E-state index in [-0.39, 0.29) is 17.9 Å². The van der Waals surface area contributed by atoms with Crippen molar-refractivity contribution in [3.05, 3.63) is 52.6 Å². The second kappa shape index (κ2) is 11.6. The van der Waals surface area contributed by atoms with Gasteiger partial charge in [-0.1, -0.05) is 12.1 Å². The van der Waals surface area contributed by atoms with E-state index in [1.54, 1.807) is 17.2 Å². The first-order valence-corrected chi connectivity index (χ1v) is 14.2. The molecule has 216 valence electrons. The number of ether oxygens (including phenoxy) is 1. The predicted molar refractivity (Wildman–Crippen MR) is 153 cm³/mol. The Morgan fingerprint density at radius 1 is 1.10 bits per heavy atom. The molecule has 0 spiro atoms. The minimum Gasteiger partial charge on any atom is -0.444 e. The zero-order chi connectivity index (χ0) is 28.4. The van der Waals surface area contributed by atoms with Crippen molar-refractivity contribution in [2.24, 2.45) is 17.8 Å². The van der Waals surface area contributed by atoms with Crippen LogP contribution in [-0.4, -0.2) is 88.9 Å². The van der Waals surface area contributed by atoms with Crippen molar-refractivity contribution >= 4 is 17.9 Å². The average molecular weight is 552 g/mol. The van der Waals surface area contributed by atoms with Gasteiger partial charge >= 0.3 is 17.8 Å². The summed E-state index contributed by atoms with van der Waals surface area (Å²) >= 11 is 0. The Hall–Kier alpha value is -3.44. The fourth-order valence-corrected chi connectivity index (χ4v) is 5.85. The van der Waals surface area contributed by atoms with Crippen molar-refractivity contribution in [2.75, 3.05) is 51.1 Å². The van der Waals surface area contributed by atoms with E-state index < -0.39 is 11.3 Å². The van der Waals surface area contributed by atoms with Crippen molar-refractivity contribution in [3.8, 4) is 5.69 Å². The smallest absolute Gasteiger partial charge is 0.407 e. The van der Waals surface area contributed by atoms with Gasteiger partial charge in [-0.25, -0.2) is 14.4 Å². The summed E-state index contributed by atoms with van der Waals surface area (Å²) in [6.45, 7) is 13.4. The van der Waals surface area contributed by atoms with Crippen molar-refractivity contribution in [1.29, 1.82) is 0 Å². The fourth-order valence-electron chi connectivity index (χ4n) is 5.85. The second-order valence-corrected chi connectivity index (χ2v) is 12.2. The number of carbonyl (C=O) groups excluding carboxylic acids is 2. The summed E-state index contributed by atoms with van der Waals surface area (Å²) in [6.07, 6.45) is 2.23. The fraction of sp³-hybridized carbons (Fsp3) is 0.586. The molecule has 3 unspecified atom stereocenters. The minimum atomic E-state index is -0.477. The van der Waals surface area contributed by atoms with E-state index >= 15 is 0 Å². The van der Waals surface area contributed by atoms with Gasteiger partial charge in [0.1, 0.15) is 11.4 Å². The van der Waals surface area contributed by atoms with Gasteiger partial charge in [-0.15, -0.1) is 0 Å². The molecule has 2 aliphatic heterocycles. The Bertz CT molecular complexity index is 1250. The molecule has 11 heteroatoms. The largest absolute Gasteiger partial charge is 0.444 e. The summed E-state index contributed by atoms with van der Waals surface area (Å²) in [4.78, 5) is 45.3. The molecule has 3 fully saturated rings. The molecule has 3 aliphatic rings. The summed E-state index contributed by atoms with van der Waals surface area (Å²) in [5.41, 5.74) is 1.03. The molecule has 11 nitrogen and oxygen atoms in total. The van der Waals surface area contributed by atoms with Crippen LogP contribution in [0.1, 0.15) is 33.3 Å². The number of piperidine rings is 1. The zero-order valence-corrected chi connectivity index (χ0v) is 23.9. The van der Waals surface area contributed by atoms with Crippen LogP contribution in [0.3, 0.4) is 0 Å². The van der Waals surface area contributed by atoms with Gasteiger partial charge in [0, 0.05) is 58.1 Å². The highest BCUT2D eigenvalue weighted by atomic mass is 16.6. The molecular weight excluding hydrogens is 510 g/mol. The third-order valence-electron chi connectivity index (χ3n) is 8.09. The maximum absolute atomic E-state index is 12.7. The second-order valence-electron chi connectivity index (χ2n) is 12.2. The monoisotopic (exact) mass is 551 g/mol. The quantitative estimate of drug-likeness (QED) is 0.483. The molecule has 3 heterocycles. The van der Waals surface area contributed by atoms with Gasteiger partial charge in [-0.05, 0) is 75.6 Å². The number of hydrogen-bond donors (Lipinski definition) is 3. The third kappa shape index (κ3) is 6.82. The van der Waals surface area contributed by atoms with Gasteiger partial charge < -0.3 is 20.3 Å². The summed E-state index contributed by atoms with van der Waals surface area (Å²) in [5.74, 6) is 2.08. The lowest BCUT2D eigenvalue weighted by molar-refractivity contribution is 0.0522. The molecule has 1 saturated carbocycles. The number of nitrogens with one attached hydrogen (secondary N) is 3. The first kappa shape index (κ1) is 28.1. The van der Waals surface area contributed by atoms with E-state index in [1.165, 1.54) is 10.1 Å². The molecule has 5 rings (SSSR count). The number of anilines is 1. The maximum Gasteiger partial charge on any atom is 0.407 e. The van der Waals surface area contributed by atoms with Crippen molar-refractivity contribution < 1.29 is 14.3 Å². The number of fused-ring (bicyclic) bond motifs is 1. The van der Waals surface area contributed by atoms with Crippen molar-refractivity contribution in [1.82, 2.24) is 30.0 Å². The van der Waals surface area contributed by atoms with Gasteiger partial charge in [0.2, 0.25) is 0 Å². The summed E-state index contributed by atoms with van der Waals surface area (Å²) < 4.78 is 6.82. The number of carbonyl (C=O) groups is 2. The Kier molecular flexibility index (Phi) is 8.14. The van der Waals surface area contributed by atoms with E-state index in [0.717, 1.165) is 38.3 Å². The van der Waals surface area contributed by atoms with E-state index in [9.17, 15) is 14.4 Å². The lowest BCUT2D eigenvalue weighted by atomic mass is 10.0. The molecule has 3 N–H and O–H groups in total. The van der Waals surface area contributed by atoms with Crippen LogP contribution in [0.15, 0.2) is 41.3 Å². The Labute approximate surface area is 235 Å². The van der Waals surface area contributed by atoms with Gasteiger partial charge in [-0.2, -0.15) is 4.98 Å². The van der Waals surface area contributed by atoms with Crippen LogP contribution in [0.2, 0.25) is 0 Å². The molecular formula is C29H41N7O4. The maximum atomic E-state index is 12.7. The highest BCUT2D eigenvalue weighted by Crippen LogP contribution is 2.51. The van der Waals surface area contributed by atoms with Gasteiger partial charge in [0.15, 0.2) is 0 Å². The van der Waals surface area contributed by atoms with E-state index in [0.29, 0.717) is 43.4 Å². The molecule has 1 aromatic heterocycles. The first-order chi connectivity index (χ1) is 19.1. The van der Waals surface area contributed by atoms with Crippen LogP contribution < -0.4 is 21.6 Å². The molecule has 0 bridgehead atoms. The van der Waals surface area contributed by atoms with Crippen LogP contribution in [0, 0.1) is 17.8 Å². The SMILES string of the molecule is CC(Cc1ccc(-n2ccc(NC(=O)N3CCNCC3)nc2=O)cc1)N1CC2C(CNC(=O)OC(C)(C)C)C2C1. The summed E-state index contributed by atoms with van der Waals surface area (Å²) in [6, 6.07) is 9.79. The van der Waals surface area contributed by atoms with Crippen LogP contribution >= 0.6 is 0 Å². The number of nitrogens with zero attached hydrogens (tertiary/aromatic N) is 4.